The minimum Gasteiger partial charge on any atom is -0.492 e. The predicted molar refractivity (Wildman–Crippen MR) is 125 cm³/mol. The number of hydroxylamine groups is 1. The highest BCUT2D eigenvalue weighted by molar-refractivity contribution is 5.79. The Bertz CT molecular complexity index is 1230. The molecule has 1 saturated carbocycles. The number of carboxylic acids is 1. The molecule has 8 nitrogen and oxygen atoms in total. The van der Waals surface area contributed by atoms with Crippen LogP contribution in [0.3, 0.4) is 0 Å². The summed E-state index contributed by atoms with van der Waals surface area (Å²) in [5.74, 6) is -0.897. The number of rotatable bonds is 12. The van der Waals surface area contributed by atoms with Crippen LogP contribution in [-0.4, -0.2) is 53.2 Å². The topological polar surface area (TPSA) is 94.8 Å². The number of carboxylic acid groups (broad SMARTS) is 1. The van der Waals surface area contributed by atoms with Crippen LogP contribution in [0.2, 0.25) is 0 Å². The average molecular weight is 505 g/mol. The standard InChI is InChI=1S/C25H26F3N3O5/c1-34-30-22(17-4-5-17)20-9-6-18-10-11-31(23(18)29-20)12-13-35-19-7-2-16(3-8-19)14-21(24(32)33)36-15-25(26,27)28/h2-3,6-11,21,30H,4-5,12-15H2,1H3,(H,32,33). The fraction of sp³-hybridized carbons (Fsp3) is 0.360. The summed E-state index contributed by atoms with van der Waals surface area (Å²) < 4.78 is 49.4. The fourth-order valence-corrected chi connectivity index (χ4v) is 3.71. The van der Waals surface area contributed by atoms with Gasteiger partial charge in [0.25, 0.3) is 0 Å². The summed E-state index contributed by atoms with van der Waals surface area (Å²) in [6, 6.07) is 12.5. The predicted octanol–water partition coefficient (Wildman–Crippen LogP) is 4.35. The van der Waals surface area contributed by atoms with Gasteiger partial charge in [-0.05, 0) is 54.3 Å². The molecule has 0 bridgehead atoms. The SMILES string of the molecule is CONC(=C1CC1)c1ccc2ccn(CCOc3ccc(CC(OCC(F)(F)F)C(=O)O)cc3)c2n1. The van der Waals surface area contributed by atoms with Gasteiger partial charge in [-0.1, -0.05) is 12.1 Å². The number of nitrogens with zero attached hydrogens (tertiary/aromatic N) is 2. The Kier molecular flexibility index (Phi) is 7.80. The minimum atomic E-state index is -4.59. The van der Waals surface area contributed by atoms with Gasteiger partial charge in [0.15, 0.2) is 6.10 Å². The molecule has 2 N–H and O–H groups in total. The number of ether oxygens (including phenoxy) is 2. The lowest BCUT2D eigenvalue weighted by molar-refractivity contribution is -0.192. The molecule has 3 aromatic rings. The van der Waals surface area contributed by atoms with Crippen LogP contribution in [-0.2, 0) is 27.3 Å². The molecule has 0 saturated heterocycles. The van der Waals surface area contributed by atoms with E-state index in [-0.39, 0.29) is 6.42 Å². The Morgan fingerprint density at radius 3 is 2.56 bits per heavy atom. The van der Waals surface area contributed by atoms with Gasteiger partial charge in [-0.25, -0.2) is 9.78 Å². The number of alkyl halides is 3. The highest BCUT2D eigenvalue weighted by Crippen LogP contribution is 2.34. The number of nitrogens with one attached hydrogen (secondary N) is 1. The number of hydrogen-bond donors (Lipinski definition) is 2. The molecule has 0 amide bonds. The molecular formula is C25H26F3N3O5. The number of pyridine rings is 1. The van der Waals surface area contributed by atoms with Gasteiger partial charge in [-0.3, -0.25) is 10.3 Å². The van der Waals surface area contributed by atoms with Crippen molar-refractivity contribution in [1.82, 2.24) is 15.0 Å². The van der Waals surface area contributed by atoms with Crippen LogP contribution < -0.4 is 10.2 Å². The molecule has 192 valence electrons. The molecule has 1 aromatic carbocycles. The molecule has 0 aliphatic heterocycles. The quantitative estimate of drug-likeness (QED) is 0.354. The zero-order chi connectivity index (χ0) is 25.7. The van der Waals surface area contributed by atoms with E-state index < -0.39 is 24.9 Å². The second-order valence-electron chi connectivity index (χ2n) is 8.35. The summed E-state index contributed by atoms with van der Waals surface area (Å²) in [6.45, 7) is -0.722. The normalized spacial score (nSPS) is 14.1. The summed E-state index contributed by atoms with van der Waals surface area (Å²) in [6.07, 6.45) is -2.38. The van der Waals surface area contributed by atoms with E-state index in [0.29, 0.717) is 24.5 Å². The maximum Gasteiger partial charge on any atom is 0.411 e. The van der Waals surface area contributed by atoms with E-state index >= 15 is 0 Å². The Morgan fingerprint density at radius 2 is 1.92 bits per heavy atom. The van der Waals surface area contributed by atoms with Gasteiger partial charge in [0.1, 0.15) is 24.6 Å². The molecule has 4 rings (SSSR count). The number of hydrogen-bond acceptors (Lipinski definition) is 6. The first-order valence-electron chi connectivity index (χ1n) is 11.3. The number of fused-ring (bicyclic) bond motifs is 1. The van der Waals surface area contributed by atoms with Crippen molar-refractivity contribution in [3.05, 3.63) is 65.5 Å². The van der Waals surface area contributed by atoms with Crippen molar-refractivity contribution in [3.63, 3.8) is 0 Å². The maximum absolute atomic E-state index is 12.3. The van der Waals surface area contributed by atoms with Crippen LogP contribution in [0.4, 0.5) is 13.2 Å². The average Bonchev–Trinajstić information content (AvgIpc) is 3.60. The van der Waals surface area contributed by atoms with Crippen molar-refractivity contribution in [3.8, 4) is 5.75 Å². The first-order chi connectivity index (χ1) is 17.2. The molecular weight excluding hydrogens is 479 g/mol. The Hall–Kier alpha value is -3.57. The number of aliphatic carboxylic acids is 1. The molecule has 0 radical (unpaired) electrons. The molecule has 1 aliphatic carbocycles. The van der Waals surface area contributed by atoms with Crippen molar-refractivity contribution >= 4 is 22.7 Å². The molecule has 2 aromatic heterocycles. The molecule has 1 unspecified atom stereocenters. The van der Waals surface area contributed by atoms with Gasteiger partial charge >= 0.3 is 12.1 Å². The Balaban J connectivity index is 1.34. The lowest BCUT2D eigenvalue weighted by atomic mass is 10.1. The summed E-state index contributed by atoms with van der Waals surface area (Å²) in [5, 5.41) is 10.1. The van der Waals surface area contributed by atoms with Crippen LogP contribution in [0.5, 0.6) is 5.75 Å². The van der Waals surface area contributed by atoms with Gasteiger partial charge in [-0.2, -0.15) is 13.2 Å². The fourth-order valence-electron chi connectivity index (χ4n) is 3.71. The van der Waals surface area contributed by atoms with E-state index in [2.05, 4.69) is 10.2 Å². The third-order valence-electron chi connectivity index (χ3n) is 5.59. The summed E-state index contributed by atoms with van der Waals surface area (Å²) >= 11 is 0. The number of benzene rings is 1. The third kappa shape index (κ3) is 6.76. The molecule has 0 spiro atoms. The van der Waals surface area contributed by atoms with E-state index in [4.69, 9.17) is 19.7 Å². The van der Waals surface area contributed by atoms with Crippen molar-refractivity contribution in [2.24, 2.45) is 0 Å². The van der Waals surface area contributed by atoms with Crippen LogP contribution in [0.15, 0.2) is 54.2 Å². The lowest BCUT2D eigenvalue weighted by Crippen LogP contribution is -2.31. The minimum absolute atomic E-state index is 0.189. The highest BCUT2D eigenvalue weighted by atomic mass is 19.4. The van der Waals surface area contributed by atoms with Crippen LogP contribution in [0, 0.1) is 0 Å². The molecule has 1 aliphatic rings. The van der Waals surface area contributed by atoms with Gasteiger partial charge < -0.3 is 19.1 Å². The van der Waals surface area contributed by atoms with Crippen molar-refractivity contribution in [2.75, 3.05) is 20.3 Å². The van der Waals surface area contributed by atoms with Gasteiger partial charge in [0.2, 0.25) is 0 Å². The highest BCUT2D eigenvalue weighted by Gasteiger charge is 2.31. The number of halogens is 3. The van der Waals surface area contributed by atoms with Gasteiger partial charge in [0, 0.05) is 18.0 Å². The lowest BCUT2D eigenvalue weighted by Gasteiger charge is -2.15. The van der Waals surface area contributed by atoms with E-state index in [1.807, 2.05) is 29.0 Å². The molecule has 11 heteroatoms. The zero-order valence-electron chi connectivity index (χ0n) is 19.5. The molecule has 36 heavy (non-hydrogen) atoms. The van der Waals surface area contributed by atoms with Crippen LogP contribution in [0.1, 0.15) is 24.1 Å². The monoisotopic (exact) mass is 505 g/mol. The molecule has 1 atom stereocenters. The van der Waals surface area contributed by atoms with E-state index in [1.165, 1.54) is 5.57 Å². The maximum atomic E-state index is 12.3. The first kappa shape index (κ1) is 25.5. The van der Waals surface area contributed by atoms with Crippen molar-refractivity contribution in [2.45, 2.75) is 38.1 Å². The second kappa shape index (κ2) is 11.0. The summed E-state index contributed by atoms with van der Waals surface area (Å²) in [4.78, 5) is 21.1. The molecule has 1 fully saturated rings. The number of carbonyl (C=O) groups is 1. The van der Waals surface area contributed by atoms with Gasteiger partial charge in [-0.15, -0.1) is 0 Å². The van der Waals surface area contributed by atoms with E-state index in [1.54, 1.807) is 31.4 Å². The van der Waals surface area contributed by atoms with E-state index in [9.17, 15) is 18.0 Å². The number of allylic oxidation sites excluding steroid dienone is 1. The first-order valence-corrected chi connectivity index (χ1v) is 11.3. The largest absolute Gasteiger partial charge is 0.492 e. The molecule has 2 heterocycles. The Labute approximate surface area is 205 Å². The van der Waals surface area contributed by atoms with E-state index in [0.717, 1.165) is 35.3 Å². The summed E-state index contributed by atoms with van der Waals surface area (Å²) in [7, 11) is 1.57. The third-order valence-corrected chi connectivity index (χ3v) is 5.59. The zero-order valence-corrected chi connectivity index (χ0v) is 19.5. The number of aromatic nitrogens is 2. The smallest absolute Gasteiger partial charge is 0.411 e. The van der Waals surface area contributed by atoms with Crippen LogP contribution >= 0.6 is 0 Å². The van der Waals surface area contributed by atoms with Crippen molar-refractivity contribution < 1.29 is 37.4 Å². The second-order valence-corrected chi connectivity index (χ2v) is 8.35. The summed E-state index contributed by atoms with van der Waals surface area (Å²) in [5.41, 5.74) is 7.26. The van der Waals surface area contributed by atoms with Crippen molar-refractivity contribution in [1.29, 1.82) is 0 Å². The van der Waals surface area contributed by atoms with Crippen LogP contribution in [0.25, 0.3) is 16.7 Å². The Morgan fingerprint density at radius 1 is 1.17 bits per heavy atom. The van der Waals surface area contributed by atoms with Gasteiger partial charge in [0.05, 0.1) is 25.0 Å².